The number of anilines is 1. The van der Waals surface area contributed by atoms with Crippen molar-refractivity contribution in [2.45, 2.75) is 58.0 Å². The van der Waals surface area contributed by atoms with Gasteiger partial charge in [-0.2, -0.15) is 4.58 Å². The van der Waals surface area contributed by atoms with Crippen molar-refractivity contribution >= 4 is 35.2 Å². The van der Waals surface area contributed by atoms with Gasteiger partial charge in [-0.15, -0.1) is 5.73 Å². The van der Waals surface area contributed by atoms with Crippen LogP contribution in [0, 0.1) is 5.92 Å². The van der Waals surface area contributed by atoms with Crippen LogP contribution in [-0.2, 0) is 36.4 Å². The molecule has 3 aromatic rings. The number of carboxylic acid groups (broad SMARTS) is 1. The van der Waals surface area contributed by atoms with Crippen molar-refractivity contribution < 1.29 is 28.7 Å². The molecule has 1 unspecified atom stereocenters. The van der Waals surface area contributed by atoms with Crippen LogP contribution in [0.4, 0.5) is 11.4 Å². The second-order valence-electron chi connectivity index (χ2n) is 14.3. The van der Waals surface area contributed by atoms with Gasteiger partial charge in [0.2, 0.25) is 5.69 Å². The normalized spacial score (nSPS) is 18.3. The third-order valence-electron chi connectivity index (χ3n) is 10.2. The van der Waals surface area contributed by atoms with E-state index < -0.39 is 6.47 Å². The smallest absolute Gasteiger partial charge is 0.209 e. The third kappa shape index (κ3) is 8.86. The first-order valence-electron chi connectivity index (χ1n) is 18.1. The Morgan fingerprint density at radius 1 is 0.846 bits per heavy atom. The molecule has 0 amide bonds. The highest BCUT2D eigenvalue weighted by Crippen LogP contribution is 2.47. The van der Waals surface area contributed by atoms with Crippen LogP contribution in [0.25, 0.3) is 0 Å². The fourth-order valence-corrected chi connectivity index (χ4v) is 7.78. The molecule has 8 heteroatoms. The van der Waals surface area contributed by atoms with Crippen molar-refractivity contribution in [1.29, 1.82) is 0 Å². The Balaban J connectivity index is 0.00000168. The van der Waals surface area contributed by atoms with Gasteiger partial charge in [0, 0.05) is 52.8 Å². The van der Waals surface area contributed by atoms with Gasteiger partial charge in [0.1, 0.15) is 7.05 Å². The monoisotopic (exact) mass is 722 g/mol. The van der Waals surface area contributed by atoms with Gasteiger partial charge in [-0.3, -0.25) is 0 Å². The Hall–Kier alpha value is -4.23. The molecular weight excluding hydrogens is 672 g/mol. The summed E-state index contributed by atoms with van der Waals surface area (Å²) >= 11 is 7.08. The number of carbonyl (C=O) groups excluding carboxylic acids is 1. The maximum atomic E-state index is 8.25. The molecular formula is C44H51ClN2O5. The fraction of sp³-hybridized carbons (Fsp3) is 0.386. The second kappa shape index (κ2) is 18.0. The molecule has 0 spiro atoms. The van der Waals surface area contributed by atoms with Crippen molar-refractivity contribution in [3.63, 3.8) is 0 Å². The molecule has 0 bridgehead atoms. The molecule has 274 valence electrons. The lowest BCUT2D eigenvalue weighted by Gasteiger charge is -2.25. The summed E-state index contributed by atoms with van der Waals surface area (Å²) in [6.07, 6.45) is 8.65. The van der Waals surface area contributed by atoms with Gasteiger partial charge in [-0.25, -0.2) is 0 Å². The molecule has 0 saturated carbocycles. The van der Waals surface area contributed by atoms with Crippen LogP contribution >= 0.6 is 11.6 Å². The molecule has 52 heavy (non-hydrogen) atoms. The molecule has 3 aromatic carbocycles. The predicted molar refractivity (Wildman–Crippen MR) is 207 cm³/mol. The maximum Gasteiger partial charge on any atom is 0.209 e. The average Bonchev–Trinajstić information content (AvgIpc) is 3.67. The molecule has 0 aromatic heterocycles. The summed E-state index contributed by atoms with van der Waals surface area (Å²) in [5.41, 5.74) is 13.5. The van der Waals surface area contributed by atoms with E-state index in [0.29, 0.717) is 39.6 Å². The zero-order valence-electron chi connectivity index (χ0n) is 31.1. The largest absolute Gasteiger partial charge is 0.554 e. The van der Waals surface area contributed by atoms with Gasteiger partial charge in [0.15, 0.2) is 5.71 Å². The summed E-state index contributed by atoms with van der Waals surface area (Å²) in [7, 11) is 2.16. The maximum absolute atomic E-state index is 8.25. The highest BCUT2D eigenvalue weighted by Gasteiger charge is 2.43. The van der Waals surface area contributed by atoms with E-state index in [9.17, 15) is 0 Å². The standard InChI is InChI=1S/C43H50ClN2O3.CH2O2/c1-42(2)35-15-9-11-17-37(35)45(5)39(42)23-21-33-19-20-34(41(33)44)22-24-40-43(3,4)36-16-10-12-18-38(36)46(40)25-26-47-27-28-48-29-30-49-31-32-13-7-6-8-14-32;2-1-3/h6-18,21-23,34H,19-20,25-31H2,1-5H3;1H,(H,2,3)/q+1;/p-1/b23-21+;. The molecule has 3 aliphatic rings. The zero-order chi connectivity index (χ0) is 37.1. The van der Waals surface area contributed by atoms with Gasteiger partial charge in [-0.1, -0.05) is 84.4 Å². The van der Waals surface area contributed by atoms with Crippen LogP contribution < -0.4 is 10.0 Å². The molecule has 7 nitrogen and oxygen atoms in total. The highest BCUT2D eigenvalue weighted by molar-refractivity contribution is 6.30. The number of fused-ring (bicyclic) bond motifs is 2. The van der Waals surface area contributed by atoms with Crippen LogP contribution in [0.3, 0.4) is 0 Å². The number of nitrogens with zero attached hydrogens (tertiary/aromatic N) is 2. The molecule has 6 rings (SSSR count). The van der Waals surface area contributed by atoms with E-state index in [0.717, 1.165) is 30.1 Å². The molecule has 0 fully saturated rings. The minimum atomic E-state index is -0.500. The Morgan fingerprint density at radius 3 is 2.17 bits per heavy atom. The molecule has 1 aliphatic carbocycles. The number of rotatable bonds is 14. The highest BCUT2D eigenvalue weighted by atomic mass is 35.5. The van der Waals surface area contributed by atoms with Crippen molar-refractivity contribution in [3.05, 3.63) is 136 Å². The summed E-state index contributed by atoms with van der Waals surface area (Å²) in [4.78, 5) is 10.6. The summed E-state index contributed by atoms with van der Waals surface area (Å²) < 4.78 is 19.8. The number of hydrogen-bond acceptors (Lipinski definition) is 6. The minimum Gasteiger partial charge on any atom is -0.554 e. The molecule has 0 radical (unpaired) electrons. The molecule has 0 saturated heterocycles. The summed E-state index contributed by atoms with van der Waals surface area (Å²) in [5.74, 6) is 0.150. The number of hydrogen-bond donors (Lipinski definition) is 0. The van der Waals surface area contributed by atoms with Crippen LogP contribution in [0.2, 0.25) is 0 Å². The Kier molecular flexibility index (Phi) is 13.5. The number of ether oxygens (including phenoxy) is 3. The van der Waals surface area contributed by atoms with Gasteiger partial charge in [0.05, 0.1) is 50.8 Å². The number of allylic oxidation sites excluding steroid dienone is 5. The van der Waals surface area contributed by atoms with E-state index in [1.807, 2.05) is 18.2 Å². The predicted octanol–water partition coefficient (Wildman–Crippen LogP) is 7.60. The van der Waals surface area contributed by atoms with Crippen molar-refractivity contribution in [2.24, 2.45) is 5.92 Å². The van der Waals surface area contributed by atoms with E-state index >= 15 is 0 Å². The third-order valence-corrected chi connectivity index (χ3v) is 10.7. The second-order valence-corrected chi connectivity index (χ2v) is 14.7. The van der Waals surface area contributed by atoms with E-state index in [1.54, 1.807) is 0 Å². The minimum absolute atomic E-state index is 0.0575. The summed E-state index contributed by atoms with van der Waals surface area (Å²) in [6, 6.07) is 27.5. The topological polar surface area (TPSA) is 74.1 Å². The molecule has 2 aliphatic heterocycles. The Bertz CT molecular complexity index is 1850. The molecule has 0 N–H and O–H groups in total. The lowest BCUT2D eigenvalue weighted by atomic mass is 9.81. The van der Waals surface area contributed by atoms with Crippen LogP contribution in [0.5, 0.6) is 0 Å². The summed E-state index contributed by atoms with van der Waals surface area (Å²) in [6.45, 7) is 12.8. The van der Waals surface area contributed by atoms with E-state index in [4.69, 9.17) is 35.7 Å². The quantitative estimate of drug-likeness (QED) is 0.0739. The van der Waals surface area contributed by atoms with E-state index in [2.05, 4.69) is 129 Å². The van der Waals surface area contributed by atoms with Crippen LogP contribution in [0.15, 0.2) is 119 Å². The average molecular weight is 723 g/mol. The first-order valence-corrected chi connectivity index (χ1v) is 18.4. The van der Waals surface area contributed by atoms with E-state index in [1.165, 1.54) is 39.3 Å². The van der Waals surface area contributed by atoms with E-state index in [-0.39, 0.29) is 16.7 Å². The van der Waals surface area contributed by atoms with Gasteiger partial charge in [-0.05, 0) is 69.4 Å². The van der Waals surface area contributed by atoms with Gasteiger partial charge >= 0.3 is 0 Å². The number of carbonyl (C=O) groups is 1. The first-order chi connectivity index (χ1) is 25.1. The van der Waals surface area contributed by atoms with Crippen LogP contribution in [-0.4, -0.2) is 63.4 Å². The Morgan fingerprint density at radius 2 is 1.46 bits per heavy atom. The number of benzene rings is 3. The number of para-hydroxylation sites is 2. The first kappa shape index (κ1) is 39.0. The molecule has 2 heterocycles. The zero-order valence-corrected chi connectivity index (χ0v) is 31.8. The lowest BCUT2D eigenvalue weighted by Crippen LogP contribution is -2.29. The number of halogens is 1. The van der Waals surface area contributed by atoms with Crippen LogP contribution in [0.1, 0.15) is 57.2 Å². The van der Waals surface area contributed by atoms with Crippen molar-refractivity contribution in [2.75, 3.05) is 51.5 Å². The van der Waals surface area contributed by atoms with Gasteiger partial charge < -0.3 is 29.0 Å². The summed E-state index contributed by atoms with van der Waals surface area (Å²) in [5, 5.41) is 9.18. The van der Waals surface area contributed by atoms with Crippen molar-refractivity contribution in [3.8, 4) is 0 Å². The lowest BCUT2D eigenvalue weighted by molar-refractivity contribution is -0.401. The fourth-order valence-electron chi connectivity index (χ4n) is 7.45. The van der Waals surface area contributed by atoms with Gasteiger partial charge in [0.25, 0.3) is 0 Å². The van der Waals surface area contributed by atoms with Crippen molar-refractivity contribution in [1.82, 2.24) is 0 Å². The SMILES string of the molecule is C[N+]1=C(/C=C/C2=C(Cl)C(C=C=C3N(CCOCCOCCOCc4ccccc4)c4ccccc4C3(C)C)CC2)C(C)(C)c2ccccc21.O=C[O-]. The Labute approximate surface area is 314 Å². The molecule has 1 atom stereocenters.